The van der Waals surface area contributed by atoms with Crippen LogP contribution in [0.3, 0.4) is 0 Å². The second-order valence-electron chi connectivity index (χ2n) is 6.54. The number of benzene rings is 1. The molecule has 9 heteroatoms. The van der Waals surface area contributed by atoms with Crippen LogP contribution in [0.2, 0.25) is 0 Å². The summed E-state index contributed by atoms with van der Waals surface area (Å²) in [6, 6.07) is 12.9. The number of aromatic nitrogens is 4. The van der Waals surface area contributed by atoms with Crippen molar-refractivity contribution in [1.29, 1.82) is 0 Å². The first-order valence-corrected chi connectivity index (χ1v) is 8.72. The Morgan fingerprint density at radius 1 is 1.07 bits per heavy atom. The van der Waals surface area contributed by atoms with Crippen LogP contribution in [0.15, 0.2) is 65.6 Å². The molecule has 0 amide bonds. The highest BCUT2D eigenvalue weighted by atomic mass is 19.4. The zero-order valence-corrected chi connectivity index (χ0v) is 15.1. The van der Waals surface area contributed by atoms with Gasteiger partial charge in [-0.05, 0) is 23.3 Å². The lowest BCUT2D eigenvalue weighted by Crippen LogP contribution is -2.04. The Balaban J connectivity index is 1.42. The number of nitrogens with zero attached hydrogens (tertiary/aromatic N) is 4. The van der Waals surface area contributed by atoms with Crippen molar-refractivity contribution in [2.75, 3.05) is 5.73 Å². The summed E-state index contributed by atoms with van der Waals surface area (Å²) in [5, 5.41) is 7.83. The third kappa shape index (κ3) is 4.29. The van der Waals surface area contributed by atoms with E-state index in [1.54, 1.807) is 18.3 Å². The van der Waals surface area contributed by atoms with Crippen molar-refractivity contribution >= 4 is 5.82 Å². The van der Waals surface area contributed by atoms with E-state index in [2.05, 4.69) is 15.2 Å². The molecular weight excluding hydrogens is 383 g/mol. The molecule has 0 unspecified atom stereocenters. The largest absolute Gasteiger partial charge is 0.419 e. The van der Waals surface area contributed by atoms with Crippen LogP contribution < -0.4 is 5.73 Å². The molecule has 0 saturated heterocycles. The van der Waals surface area contributed by atoms with Crippen molar-refractivity contribution in [3.8, 4) is 11.3 Å². The van der Waals surface area contributed by atoms with Crippen LogP contribution in [0.4, 0.5) is 19.0 Å². The molecule has 0 spiro atoms. The van der Waals surface area contributed by atoms with E-state index in [0.29, 0.717) is 23.6 Å². The molecule has 0 aliphatic carbocycles. The Labute approximate surface area is 163 Å². The fraction of sp³-hybridized carbons (Fsp3) is 0.150. The predicted octanol–water partition coefficient (Wildman–Crippen LogP) is 4.17. The van der Waals surface area contributed by atoms with E-state index in [0.717, 1.165) is 29.2 Å². The van der Waals surface area contributed by atoms with Gasteiger partial charge in [0.15, 0.2) is 5.76 Å². The van der Waals surface area contributed by atoms with E-state index in [4.69, 9.17) is 10.3 Å². The highest BCUT2D eigenvalue weighted by molar-refractivity contribution is 5.69. The molecule has 0 aliphatic heterocycles. The topological polar surface area (TPSA) is 82.8 Å². The second-order valence-corrected chi connectivity index (χ2v) is 6.54. The van der Waals surface area contributed by atoms with Gasteiger partial charge in [-0.3, -0.25) is 4.68 Å². The quantitative estimate of drug-likeness (QED) is 0.545. The Morgan fingerprint density at radius 2 is 1.83 bits per heavy atom. The first kappa shape index (κ1) is 18.7. The number of anilines is 1. The standard InChI is InChI=1S/C20H16F3N5O/c21-20(22,23)15-10-26-28(12-15)11-14-5-3-13(4-6-14)8-16-9-18(29-27-16)17-2-1-7-25-19(17)24/h1-7,9-10,12H,8,11H2,(H2,24,25). The minimum Gasteiger partial charge on any atom is -0.383 e. The van der Waals surface area contributed by atoms with E-state index in [1.807, 2.05) is 30.3 Å². The number of halogens is 3. The molecule has 148 valence electrons. The van der Waals surface area contributed by atoms with Gasteiger partial charge in [0, 0.05) is 24.9 Å². The average molecular weight is 399 g/mol. The first-order chi connectivity index (χ1) is 13.9. The van der Waals surface area contributed by atoms with Crippen LogP contribution in [0.1, 0.15) is 22.4 Å². The molecule has 0 bridgehead atoms. The van der Waals surface area contributed by atoms with E-state index >= 15 is 0 Å². The third-order valence-electron chi connectivity index (χ3n) is 4.38. The van der Waals surface area contributed by atoms with Gasteiger partial charge >= 0.3 is 6.18 Å². The number of hydrogen-bond donors (Lipinski definition) is 1. The lowest BCUT2D eigenvalue weighted by molar-refractivity contribution is -0.137. The molecular formula is C20H16F3N5O. The van der Waals surface area contributed by atoms with Crippen molar-refractivity contribution < 1.29 is 17.7 Å². The van der Waals surface area contributed by atoms with E-state index in [9.17, 15) is 13.2 Å². The molecule has 0 saturated carbocycles. The maximum atomic E-state index is 12.7. The van der Waals surface area contributed by atoms with E-state index < -0.39 is 11.7 Å². The smallest absolute Gasteiger partial charge is 0.383 e. The predicted molar refractivity (Wildman–Crippen MR) is 99.7 cm³/mol. The fourth-order valence-electron chi connectivity index (χ4n) is 2.90. The number of nitrogens with two attached hydrogens (primary N) is 1. The molecule has 29 heavy (non-hydrogen) atoms. The van der Waals surface area contributed by atoms with Crippen molar-refractivity contribution in [3.63, 3.8) is 0 Å². The summed E-state index contributed by atoms with van der Waals surface area (Å²) in [5.74, 6) is 0.910. The summed E-state index contributed by atoms with van der Waals surface area (Å²) in [5.41, 5.74) is 8.34. The molecule has 6 nitrogen and oxygen atoms in total. The monoisotopic (exact) mass is 399 g/mol. The molecule has 2 N–H and O–H groups in total. The molecule has 3 heterocycles. The molecule has 0 aliphatic rings. The fourth-order valence-corrected chi connectivity index (χ4v) is 2.90. The molecule has 0 fully saturated rings. The summed E-state index contributed by atoms with van der Waals surface area (Å²) in [4.78, 5) is 4.03. The zero-order chi connectivity index (χ0) is 20.4. The Morgan fingerprint density at radius 3 is 2.52 bits per heavy atom. The summed E-state index contributed by atoms with van der Waals surface area (Å²) in [6.07, 6.45) is -0.422. The maximum Gasteiger partial charge on any atom is 0.419 e. The van der Waals surface area contributed by atoms with Gasteiger partial charge in [0.05, 0.1) is 29.6 Å². The first-order valence-electron chi connectivity index (χ1n) is 8.72. The lowest BCUT2D eigenvalue weighted by Gasteiger charge is -2.04. The minimum absolute atomic E-state index is 0.255. The van der Waals surface area contributed by atoms with Crippen molar-refractivity contribution in [2.24, 2.45) is 0 Å². The summed E-state index contributed by atoms with van der Waals surface area (Å²) >= 11 is 0. The Kier molecular flexibility index (Phi) is 4.79. The van der Waals surface area contributed by atoms with Crippen LogP contribution in [0.25, 0.3) is 11.3 Å². The molecule has 0 radical (unpaired) electrons. The van der Waals surface area contributed by atoms with Crippen LogP contribution in [0.5, 0.6) is 0 Å². The van der Waals surface area contributed by atoms with Gasteiger partial charge in [-0.2, -0.15) is 18.3 Å². The second kappa shape index (κ2) is 7.42. The lowest BCUT2D eigenvalue weighted by atomic mass is 10.1. The average Bonchev–Trinajstić information content (AvgIpc) is 3.33. The van der Waals surface area contributed by atoms with Gasteiger partial charge in [0.1, 0.15) is 5.82 Å². The van der Waals surface area contributed by atoms with Crippen molar-refractivity contribution in [2.45, 2.75) is 19.1 Å². The SMILES string of the molecule is Nc1ncccc1-c1cc(Cc2ccc(Cn3cc(C(F)(F)F)cn3)cc2)no1. The number of rotatable bonds is 5. The van der Waals surface area contributed by atoms with Gasteiger partial charge < -0.3 is 10.3 Å². The Bertz CT molecular complexity index is 1120. The van der Waals surface area contributed by atoms with Gasteiger partial charge in [-0.25, -0.2) is 4.98 Å². The van der Waals surface area contributed by atoms with Crippen LogP contribution in [-0.4, -0.2) is 19.9 Å². The van der Waals surface area contributed by atoms with E-state index in [1.165, 1.54) is 4.68 Å². The van der Waals surface area contributed by atoms with Gasteiger partial charge in [-0.15, -0.1) is 0 Å². The number of hydrogen-bond acceptors (Lipinski definition) is 5. The number of pyridine rings is 1. The van der Waals surface area contributed by atoms with E-state index in [-0.39, 0.29) is 6.54 Å². The highest BCUT2D eigenvalue weighted by Gasteiger charge is 2.32. The minimum atomic E-state index is -4.39. The summed E-state index contributed by atoms with van der Waals surface area (Å²) < 4.78 is 44.6. The molecule has 4 aromatic rings. The normalized spacial score (nSPS) is 11.7. The maximum absolute atomic E-state index is 12.7. The molecule has 0 atom stereocenters. The van der Waals surface area contributed by atoms with Gasteiger partial charge in [0.2, 0.25) is 0 Å². The summed E-state index contributed by atoms with van der Waals surface area (Å²) in [6.45, 7) is 0.255. The molecule has 3 aromatic heterocycles. The van der Waals surface area contributed by atoms with Crippen LogP contribution in [0, 0.1) is 0 Å². The highest BCUT2D eigenvalue weighted by Crippen LogP contribution is 2.28. The van der Waals surface area contributed by atoms with Gasteiger partial charge in [-0.1, -0.05) is 29.4 Å². The molecule has 1 aromatic carbocycles. The Hall–Kier alpha value is -3.62. The number of alkyl halides is 3. The van der Waals surface area contributed by atoms with Gasteiger partial charge in [0.25, 0.3) is 0 Å². The van der Waals surface area contributed by atoms with Crippen LogP contribution >= 0.6 is 0 Å². The molecule has 4 rings (SSSR count). The van der Waals surface area contributed by atoms with Crippen molar-refractivity contribution in [3.05, 3.63) is 83.4 Å². The van der Waals surface area contributed by atoms with Crippen LogP contribution in [-0.2, 0) is 19.1 Å². The number of nitrogen functional groups attached to an aromatic ring is 1. The summed E-state index contributed by atoms with van der Waals surface area (Å²) in [7, 11) is 0. The zero-order valence-electron chi connectivity index (χ0n) is 15.1. The van der Waals surface area contributed by atoms with Crippen molar-refractivity contribution in [1.82, 2.24) is 19.9 Å². The third-order valence-corrected chi connectivity index (χ3v) is 4.38.